The minimum atomic E-state index is -2.03. The van der Waals surface area contributed by atoms with Crippen molar-refractivity contribution in [2.45, 2.75) is 293 Å². The number of esters is 1. The van der Waals surface area contributed by atoms with Crippen LogP contribution in [0, 0.1) is 56.7 Å². The molecular weight excluding hydrogens is 1210 g/mol. The first kappa shape index (κ1) is 70.8. The Hall–Kier alpha value is -2.50. The summed E-state index contributed by atoms with van der Waals surface area (Å²) in [6.45, 7) is 18.4. The maximum Gasteiger partial charge on any atom is 0.329 e. The Labute approximate surface area is 536 Å². The molecule has 5 aliphatic carbocycles. The summed E-state index contributed by atoms with van der Waals surface area (Å²) in [5.41, 5.74) is 0.849. The molecule has 11 aliphatic rings. The third-order valence-electron chi connectivity index (χ3n) is 25.1. The summed E-state index contributed by atoms with van der Waals surface area (Å²) in [6.07, 6.45) is -24.7. The van der Waals surface area contributed by atoms with Gasteiger partial charge in [-0.1, -0.05) is 59.8 Å². The number of ether oxygens (including phenoxy) is 11. The molecule has 27 nitrogen and oxygen atoms in total. The Morgan fingerprint density at radius 2 is 1.17 bits per heavy atom. The van der Waals surface area contributed by atoms with Crippen molar-refractivity contribution in [3.8, 4) is 0 Å². The van der Waals surface area contributed by atoms with Crippen LogP contribution < -0.4 is 5.32 Å². The van der Waals surface area contributed by atoms with Gasteiger partial charge in [-0.2, -0.15) is 0 Å². The van der Waals surface area contributed by atoms with Gasteiger partial charge in [-0.3, -0.25) is 4.79 Å². The van der Waals surface area contributed by atoms with Crippen LogP contribution in [0.1, 0.15) is 127 Å². The molecular formula is C65H103NO26. The van der Waals surface area contributed by atoms with E-state index in [1.54, 1.807) is 6.92 Å². The summed E-state index contributed by atoms with van der Waals surface area (Å²) in [6, 6.07) is -0.660. The number of fused-ring (bicyclic) bond motifs is 2. The van der Waals surface area contributed by atoms with Crippen molar-refractivity contribution in [3.63, 3.8) is 0 Å². The molecule has 27 heteroatoms. The van der Waals surface area contributed by atoms with Gasteiger partial charge < -0.3 is 124 Å². The molecule has 36 atom stereocenters. The van der Waals surface area contributed by atoms with Crippen LogP contribution in [-0.4, -0.2) is 264 Å². The number of hydrogen-bond acceptors (Lipinski definition) is 26. The van der Waals surface area contributed by atoms with Crippen LogP contribution in [0.3, 0.4) is 0 Å². The van der Waals surface area contributed by atoms with E-state index < -0.39 is 173 Å². The van der Waals surface area contributed by atoms with E-state index >= 15 is 0 Å². The molecule has 6 saturated heterocycles. The lowest BCUT2D eigenvalue weighted by Gasteiger charge is -2.63. The number of rotatable bonds is 17. The maximum absolute atomic E-state index is 13.1. The van der Waals surface area contributed by atoms with E-state index in [0.717, 1.165) is 44.9 Å². The van der Waals surface area contributed by atoms with Gasteiger partial charge in [0.2, 0.25) is 5.91 Å². The number of aliphatic hydroxyl groups is 13. The highest BCUT2D eigenvalue weighted by molar-refractivity contribution is 5.96. The number of amides is 1. The van der Waals surface area contributed by atoms with Crippen LogP contribution in [-0.2, 0) is 61.7 Å². The zero-order valence-electron chi connectivity index (χ0n) is 54.3. The number of cyclic esters (lactones) is 1. The standard InChI is InChI=1S/C65H103NO26/c1-26(12-11-13-27(2)54(80)66-39-28(3)29(4)84-55(39)81)32-16-18-63(10)37-15-14-36-61(7,8)38(17-19-64(36)25-65(37,64)21-20-62(32,63)9)90-56-49(77)44(72)35(23-82-56)89-60-53(47(75)41(69)31(6)86-60)92-58-51(79)46(74)43(71)34(88-58)24-83-59-52(48(76)42(70)33(22-67)87-59)91-57-50(78)45(73)40(68)30(5)85-57/h11-13,26,28-53,56-60,67-79H,14-25H2,1-10H3,(H,66,80)/b12-11+,27-13+/t26-,28-,29-,30+,31+,32-,33+,34+,35+,36-,37-,38+,39+,40+,41+,42+,43+,44-,45-,46-,47-,48-,49+,50+,51+,52+,53+,56-,57-,58-,59+,60-,62-,63-,64-,65+/m1/s1. The Morgan fingerprint density at radius 3 is 1.84 bits per heavy atom. The fourth-order valence-corrected chi connectivity index (χ4v) is 19.1. The maximum atomic E-state index is 13.1. The number of carbonyl (C=O) groups excluding carboxylic acids is 2. The molecule has 0 aromatic carbocycles. The van der Waals surface area contributed by atoms with Gasteiger partial charge in [0.15, 0.2) is 31.5 Å². The van der Waals surface area contributed by atoms with Crippen LogP contribution in [0.15, 0.2) is 23.8 Å². The molecule has 0 aromatic heterocycles. The van der Waals surface area contributed by atoms with Gasteiger partial charge in [0.1, 0.15) is 116 Å². The Morgan fingerprint density at radius 1 is 0.598 bits per heavy atom. The molecule has 1 amide bonds. The Balaban J connectivity index is 0.699. The third-order valence-corrected chi connectivity index (χ3v) is 25.1. The molecule has 14 N–H and O–H groups in total. The molecule has 0 bridgehead atoms. The van der Waals surface area contributed by atoms with Crippen LogP contribution in [0.4, 0.5) is 0 Å². The molecule has 11 rings (SSSR count). The second-order valence-electron chi connectivity index (χ2n) is 30.2. The average molecular weight is 1310 g/mol. The summed E-state index contributed by atoms with van der Waals surface area (Å²) in [7, 11) is 0. The smallest absolute Gasteiger partial charge is 0.329 e. The highest BCUT2D eigenvalue weighted by Crippen LogP contribution is 2.89. The van der Waals surface area contributed by atoms with Gasteiger partial charge in [-0.25, -0.2) is 4.79 Å². The topological polar surface area (TPSA) is 411 Å². The first-order chi connectivity index (χ1) is 43.3. The highest BCUT2D eigenvalue weighted by Gasteiger charge is 2.82. The molecule has 92 heavy (non-hydrogen) atoms. The van der Waals surface area contributed by atoms with E-state index in [9.17, 15) is 76.0 Å². The van der Waals surface area contributed by atoms with Gasteiger partial charge in [0, 0.05) is 11.5 Å². The SMILES string of the molecule is C/C(=C\C=C\[C@@H](C)[C@H]1CC[C@]2(C)[C@H]3CC[C@@H]4C(C)(C)[C@@H](O[C@H]5OC[C@H](O[C@H]6O[C@@H](C)[C@H](O)[C@@H](O)[C@@H]6O[C@H]6O[C@@H](CO[C@H]7O[C@@H](CO)[C@H](O)[C@@H](O)[C@@H]7O[C@H]7O[C@@H](C)[C@H](O)[C@@H](O)[C@@H]7O)[C@H](O)[C@@H](O)[C@@H]6O)[C@@H](O)[C@@H]5O)CC[C@@]45C[C@@]35CC[C@]12C)C(=O)N[C@@H]1C(=O)O[C@H](C)[C@H]1C. The average Bonchev–Trinajstić information content (AvgIpc) is 1.46. The normalized spacial score (nSPS) is 53.8. The van der Waals surface area contributed by atoms with E-state index in [1.165, 1.54) is 26.7 Å². The van der Waals surface area contributed by atoms with Crippen molar-refractivity contribution >= 4 is 11.9 Å². The minimum absolute atomic E-state index is 0.113. The monoisotopic (exact) mass is 1310 g/mol. The van der Waals surface area contributed by atoms with Crippen molar-refractivity contribution in [2.75, 3.05) is 19.8 Å². The molecule has 0 radical (unpaired) electrons. The van der Waals surface area contributed by atoms with Gasteiger partial charge >= 0.3 is 5.97 Å². The summed E-state index contributed by atoms with van der Waals surface area (Å²) in [5.74, 6) is 0.886. The quantitative estimate of drug-likeness (QED) is 0.0352. The first-order valence-electron chi connectivity index (χ1n) is 33.4. The van der Waals surface area contributed by atoms with Crippen molar-refractivity contribution in [3.05, 3.63) is 23.8 Å². The fraction of sp³-hybridized carbons (Fsp3) is 0.908. The zero-order valence-corrected chi connectivity index (χ0v) is 54.3. The van der Waals surface area contributed by atoms with Gasteiger partial charge in [0.25, 0.3) is 0 Å². The van der Waals surface area contributed by atoms with Gasteiger partial charge in [-0.15, -0.1) is 0 Å². The zero-order chi connectivity index (χ0) is 66.8. The lowest BCUT2D eigenvalue weighted by molar-refractivity contribution is -0.387. The molecule has 0 unspecified atom stereocenters. The molecule has 11 fully saturated rings. The second kappa shape index (κ2) is 26.6. The molecule has 5 saturated carbocycles. The molecule has 0 aromatic rings. The minimum Gasteiger partial charge on any atom is -0.461 e. The predicted molar refractivity (Wildman–Crippen MR) is 316 cm³/mol. The van der Waals surface area contributed by atoms with E-state index in [1.807, 2.05) is 26.0 Å². The van der Waals surface area contributed by atoms with Crippen LogP contribution in [0.2, 0.25) is 0 Å². The predicted octanol–water partition coefficient (Wildman–Crippen LogP) is -1.19. The Bertz CT molecular complexity index is 2670. The number of allylic oxidation sites excluding steroid dienone is 3. The third kappa shape index (κ3) is 12.0. The number of nitrogens with one attached hydrogen (secondary N) is 1. The highest BCUT2D eigenvalue weighted by atomic mass is 16.8. The first-order valence-corrected chi connectivity index (χ1v) is 33.4. The number of aliphatic hydroxyl groups excluding tert-OH is 13. The van der Waals surface area contributed by atoms with Crippen molar-refractivity contribution in [1.82, 2.24) is 5.32 Å². The summed E-state index contributed by atoms with van der Waals surface area (Å²) in [4.78, 5) is 25.5. The second-order valence-corrected chi connectivity index (χ2v) is 30.2. The van der Waals surface area contributed by atoms with Gasteiger partial charge in [0.05, 0.1) is 38.1 Å². The largest absolute Gasteiger partial charge is 0.461 e. The van der Waals surface area contributed by atoms with Crippen molar-refractivity contribution in [2.24, 2.45) is 56.7 Å². The number of carbonyl (C=O) groups is 2. The van der Waals surface area contributed by atoms with Crippen LogP contribution >= 0.6 is 0 Å². The van der Waals surface area contributed by atoms with E-state index in [2.05, 4.69) is 46.0 Å². The van der Waals surface area contributed by atoms with E-state index in [0.29, 0.717) is 23.3 Å². The molecule has 524 valence electrons. The summed E-state index contributed by atoms with van der Waals surface area (Å²) < 4.78 is 65.2. The summed E-state index contributed by atoms with van der Waals surface area (Å²) in [5, 5.41) is 146. The van der Waals surface area contributed by atoms with Crippen molar-refractivity contribution in [1.29, 1.82) is 0 Å². The van der Waals surface area contributed by atoms with Gasteiger partial charge in [-0.05, 0) is 136 Å². The van der Waals surface area contributed by atoms with Crippen LogP contribution in [0.5, 0.6) is 0 Å². The molecule has 2 spiro atoms. The Kier molecular flexibility index (Phi) is 20.5. The van der Waals surface area contributed by atoms with E-state index in [-0.39, 0.29) is 63.6 Å². The van der Waals surface area contributed by atoms with Crippen molar-refractivity contribution < 1.29 is 128 Å². The lowest BCUT2D eigenvalue weighted by Crippen LogP contribution is -2.66. The fourth-order valence-electron chi connectivity index (χ4n) is 19.1. The molecule has 6 aliphatic heterocycles. The number of hydrogen-bond donors (Lipinski definition) is 14. The summed E-state index contributed by atoms with van der Waals surface area (Å²) >= 11 is 0. The lowest BCUT2D eigenvalue weighted by atomic mass is 9.42. The van der Waals surface area contributed by atoms with Crippen LogP contribution in [0.25, 0.3) is 0 Å². The van der Waals surface area contributed by atoms with E-state index in [4.69, 9.17) is 52.1 Å². The molecule has 6 heterocycles.